The smallest absolute Gasteiger partial charge is 0.296 e. The predicted octanol–water partition coefficient (Wildman–Crippen LogP) is 4.67. The van der Waals surface area contributed by atoms with Gasteiger partial charge in [0.25, 0.3) is 11.7 Å². The van der Waals surface area contributed by atoms with Crippen LogP contribution in [0.25, 0.3) is 5.76 Å². The number of aromatic nitrogens is 1. The second-order valence-electron chi connectivity index (χ2n) is 7.48. The summed E-state index contributed by atoms with van der Waals surface area (Å²) in [7, 11) is 1.55. The molecule has 3 aromatic rings. The molecule has 0 saturated carbocycles. The standard InChI is InChI=1S/C25H21ClN2O4/c1-15-13-19(32-2)10-11-20(15)23(29)21-22(16-6-8-17(26)9-7-16)28(25(31)24(21)30)14-18-5-3-4-12-27-18/h3-13,22,29H,14H2,1-2H3/b23-21-. The molecule has 2 aromatic carbocycles. The Hall–Kier alpha value is -3.64. The Morgan fingerprint density at radius 1 is 1.12 bits per heavy atom. The zero-order valence-electron chi connectivity index (χ0n) is 17.6. The van der Waals surface area contributed by atoms with Crippen LogP contribution in [0, 0.1) is 6.92 Å². The topological polar surface area (TPSA) is 79.7 Å². The third-order valence-corrected chi connectivity index (χ3v) is 5.72. The second kappa shape index (κ2) is 8.85. The second-order valence-corrected chi connectivity index (χ2v) is 7.92. The van der Waals surface area contributed by atoms with E-state index in [0.29, 0.717) is 33.2 Å². The number of ether oxygens (including phenoxy) is 1. The van der Waals surface area contributed by atoms with Crippen LogP contribution in [0.15, 0.2) is 72.4 Å². The molecule has 162 valence electrons. The van der Waals surface area contributed by atoms with Crippen molar-refractivity contribution in [3.63, 3.8) is 0 Å². The number of rotatable bonds is 5. The van der Waals surface area contributed by atoms with Crippen molar-refractivity contribution in [2.75, 3.05) is 7.11 Å². The van der Waals surface area contributed by atoms with E-state index < -0.39 is 17.7 Å². The zero-order chi connectivity index (χ0) is 22.8. The van der Waals surface area contributed by atoms with Crippen molar-refractivity contribution in [1.82, 2.24) is 9.88 Å². The van der Waals surface area contributed by atoms with Crippen molar-refractivity contribution in [1.29, 1.82) is 0 Å². The molecule has 1 unspecified atom stereocenters. The monoisotopic (exact) mass is 448 g/mol. The Balaban J connectivity index is 1.87. The normalized spacial score (nSPS) is 17.6. The Morgan fingerprint density at radius 2 is 1.88 bits per heavy atom. The van der Waals surface area contributed by atoms with Gasteiger partial charge in [0, 0.05) is 16.8 Å². The number of methoxy groups -OCH3 is 1. The van der Waals surface area contributed by atoms with E-state index in [0.717, 1.165) is 0 Å². The number of ketones is 1. The molecule has 0 spiro atoms. The fourth-order valence-corrected chi connectivity index (χ4v) is 4.00. The van der Waals surface area contributed by atoms with Crippen molar-refractivity contribution in [3.8, 4) is 5.75 Å². The van der Waals surface area contributed by atoms with Crippen molar-refractivity contribution in [3.05, 3.63) is 99.8 Å². The highest BCUT2D eigenvalue weighted by Gasteiger charge is 2.46. The summed E-state index contributed by atoms with van der Waals surface area (Å²) in [6, 6.07) is 16.6. The van der Waals surface area contributed by atoms with E-state index in [1.807, 2.05) is 6.07 Å². The van der Waals surface area contributed by atoms with E-state index in [1.165, 1.54) is 4.90 Å². The molecule has 0 radical (unpaired) electrons. The van der Waals surface area contributed by atoms with Crippen LogP contribution >= 0.6 is 11.6 Å². The molecule has 6 nitrogen and oxygen atoms in total. The van der Waals surface area contributed by atoms with Gasteiger partial charge in [-0.25, -0.2) is 0 Å². The molecular formula is C25H21ClN2O4. The Labute approximate surface area is 190 Å². The van der Waals surface area contributed by atoms with Gasteiger partial charge in [-0.3, -0.25) is 14.6 Å². The lowest BCUT2D eigenvalue weighted by atomic mass is 9.94. The first kappa shape index (κ1) is 21.6. The fourth-order valence-electron chi connectivity index (χ4n) is 3.87. The SMILES string of the molecule is COc1ccc(/C(O)=C2/C(=O)C(=O)N(Cc3ccccn3)C2c2ccc(Cl)cc2)c(C)c1. The van der Waals surface area contributed by atoms with Crippen molar-refractivity contribution < 1.29 is 19.4 Å². The largest absolute Gasteiger partial charge is 0.507 e. The number of hydrogen-bond acceptors (Lipinski definition) is 5. The number of aliphatic hydroxyl groups is 1. The van der Waals surface area contributed by atoms with Gasteiger partial charge >= 0.3 is 0 Å². The van der Waals surface area contributed by atoms with Crippen LogP contribution < -0.4 is 4.74 Å². The number of pyridine rings is 1. The summed E-state index contributed by atoms with van der Waals surface area (Å²) in [4.78, 5) is 31.9. The fraction of sp³-hybridized carbons (Fsp3) is 0.160. The summed E-state index contributed by atoms with van der Waals surface area (Å²) in [5, 5.41) is 11.7. The van der Waals surface area contributed by atoms with Crippen LogP contribution in [0.2, 0.25) is 5.02 Å². The number of hydrogen-bond donors (Lipinski definition) is 1. The van der Waals surface area contributed by atoms with Gasteiger partial charge in [0.15, 0.2) is 0 Å². The van der Waals surface area contributed by atoms with Gasteiger partial charge in [0.2, 0.25) is 0 Å². The summed E-state index contributed by atoms with van der Waals surface area (Å²) in [6.45, 7) is 1.93. The molecule has 1 amide bonds. The highest BCUT2D eigenvalue weighted by atomic mass is 35.5. The average Bonchev–Trinajstić information content (AvgIpc) is 3.04. The molecule has 1 fully saturated rings. The Morgan fingerprint density at radius 3 is 2.50 bits per heavy atom. The van der Waals surface area contributed by atoms with Crippen LogP contribution in [0.5, 0.6) is 5.75 Å². The highest BCUT2D eigenvalue weighted by Crippen LogP contribution is 2.41. The first-order valence-corrected chi connectivity index (χ1v) is 10.4. The summed E-state index contributed by atoms with van der Waals surface area (Å²) in [6.07, 6.45) is 1.63. The molecule has 1 aromatic heterocycles. The number of nitrogens with zero attached hydrogens (tertiary/aromatic N) is 2. The lowest BCUT2D eigenvalue weighted by Crippen LogP contribution is -2.29. The maximum atomic E-state index is 13.1. The molecule has 1 aliphatic rings. The van der Waals surface area contributed by atoms with E-state index in [2.05, 4.69) is 4.98 Å². The minimum Gasteiger partial charge on any atom is -0.507 e. The van der Waals surface area contributed by atoms with Gasteiger partial charge < -0.3 is 14.7 Å². The average molecular weight is 449 g/mol. The molecule has 4 rings (SSSR count). The number of halogens is 1. The minimum absolute atomic E-state index is 0.0292. The number of carbonyl (C=O) groups is 2. The zero-order valence-corrected chi connectivity index (χ0v) is 18.3. The molecule has 1 saturated heterocycles. The Bertz CT molecular complexity index is 1210. The van der Waals surface area contributed by atoms with Gasteiger partial charge in [0.05, 0.1) is 31.0 Å². The van der Waals surface area contributed by atoms with Crippen molar-refractivity contribution >= 4 is 29.1 Å². The lowest BCUT2D eigenvalue weighted by molar-refractivity contribution is -0.140. The number of aryl methyl sites for hydroxylation is 1. The number of aliphatic hydroxyl groups excluding tert-OH is 1. The van der Waals surface area contributed by atoms with Crippen molar-refractivity contribution in [2.24, 2.45) is 0 Å². The summed E-state index contributed by atoms with van der Waals surface area (Å²) < 4.78 is 5.23. The maximum absolute atomic E-state index is 13.1. The van der Waals surface area contributed by atoms with E-state index in [-0.39, 0.29) is 17.9 Å². The van der Waals surface area contributed by atoms with Crippen LogP contribution in [0.4, 0.5) is 0 Å². The molecule has 7 heteroatoms. The third kappa shape index (κ3) is 3.97. The highest BCUT2D eigenvalue weighted by molar-refractivity contribution is 6.46. The number of Topliss-reactive ketones (excluding diaryl/α,β-unsaturated/α-hetero) is 1. The van der Waals surface area contributed by atoms with Crippen molar-refractivity contribution in [2.45, 2.75) is 19.5 Å². The quantitative estimate of drug-likeness (QED) is 0.348. The van der Waals surface area contributed by atoms with Crippen LogP contribution in [-0.4, -0.2) is 33.8 Å². The van der Waals surface area contributed by atoms with Gasteiger partial charge in [-0.15, -0.1) is 0 Å². The number of benzene rings is 2. The number of carbonyl (C=O) groups excluding carboxylic acids is 2. The molecule has 1 N–H and O–H groups in total. The molecule has 32 heavy (non-hydrogen) atoms. The van der Waals surface area contributed by atoms with Gasteiger partial charge in [-0.1, -0.05) is 29.8 Å². The van der Waals surface area contributed by atoms with Crippen LogP contribution in [0.1, 0.15) is 28.4 Å². The van der Waals surface area contributed by atoms with Gasteiger partial charge in [-0.05, 0) is 60.5 Å². The first-order valence-electron chi connectivity index (χ1n) is 9.99. The van der Waals surface area contributed by atoms with E-state index in [1.54, 1.807) is 74.8 Å². The molecular weight excluding hydrogens is 428 g/mol. The van der Waals surface area contributed by atoms with Gasteiger partial charge in [-0.2, -0.15) is 0 Å². The van der Waals surface area contributed by atoms with E-state index in [9.17, 15) is 14.7 Å². The summed E-state index contributed by atoms with van der Waals surface area (Å²) in [5.41, 5.74) is 2.50. The van der Waals surface area contributed by atoms with Gasteiger partial charge in [0.1, 0.15) is 11.5 Å². The van der Waals surface area contributed by atoms with E-state index in [4.69, 9.17) is 16.3 Å². The minimum atomic E-state index is -0.782. The molecule has 0 aliphatic carbocycles. The molecule has 2 heterocycles. The third-order valence-electron chi connectivity index (χ3n) is 5.47. The lowest BCUT2D eigenvalue weighted by Gasteiger charge is -2.25. The molecule has 0 bridgehead atoms. The van der Waals surface area contributed by atoms with Crippen LogP contribution in [-0.2, 0) is 16.1 Å². The predicted molar refractivity (Wildman–Crippen MR) is 121 cm³/mol. The number of amides is 1. The maximum Gasteiger partial charge on any atom is 0.296 e. The summed E-state index contributed by atoms with van der Waals surface area (Å²) in [5.74, 6) is -1.03. The van der Waals surface area contributed by atoms with Crippen LogP contribution in [0.3, 0.4) is 0 Å². The Kier molecular flexibility index (Phi) is 5.97. The first-order chi connectivity index (χ1) is 15.4. The number of likely N-dealkylation sites (tertiary alicyclic amines) is 1. The molecule has 1 aliphatic heterocycles. The summed E-state index contributed by atoms with van der Waals surface area (Å²) >= 11 is 6.06. The molecule has 1 atom stereocenters. The van der Waals surface area contributed by atoms with E-state index >= 15 is 0 Å².